The number of hydrogen-bond acceptors (Lipinski definition) is 0. The van der Waals surface area contributed by atoms with Gasteiger partial charge in [-0.1, -0.05) is 60.7 Å². The molecule has 88 valence electrons. The van der Waals surface area contributed by atoms with Crippen molar-refractivity contribution in [3.8, 4) is 0 Å². The highest BCUT2D eigenvalue weighted by Crippen LogP contribution is 2.31. The van der Waals surface area contributed by atoms with Crippen molar-refractivity contribution in [3.05, 3.63) is 71.8 Å². The van der Waals surface area contributed by atoms with E-state index in [1.165, 1.54) is 0 Å². The van der Waals surface area contributed by atoms with E-state index in [0.29, 0.717) is 11.1 Å². The Bertz CT molecular complexity index is 395. The van der Waals surface area contributed by atoms with Crippen LogP contribution in [0.1, 0.15) is 29.9 Å². The second kappa shape index (κ2) is 5.58. The summed E-state index contributed by atoms with van der Waals surface area (Å²) in [7, 11) is 0. The van der Waals surface area contributed by atoms with Gasteiger partial charge in [0.25, 0.3) is 0 Å². The molecule has 0 N–H and O–H groups in total. The Morgan fingerprint density at radius 2 is 1.00 bits per heavy atom. The smallest absolute Gasteiger partial charge is 0.128 e. The normalized spacial score (nSPS) is 14.2. The predicted octanol–water partition coefficient (Wildman–Crippen LogP) is 4.80. The van der Waals surface area contributed by atoms with Gasteiger partial charge in [0.05, 0.1) is 0 Å². The topological polar surface area (TPSA) is 0 Å². The Kier molecular flexibility index (Phi) is 3.86. The molecule has 2 atom stereocenters. The van der Waals surface area contributed by atoms with E-state index < -0.39 is 12.3 Å². The van der Waals surface area contributed by atoms with Crippen molar-refractivity contribution in [3.63, 3.8) is 0 Å². The molecule has 17 heavy (non-hydrogen) atoms. The molecule has 0 bridgehead atoms. The minimum atomic E-state index is -1.26. The van der Waals surface area contributed by atoms with E-state index in [0.717, 1.165) is 0 Å². The molecule has 2 unspecified atom stereocenters. The number of alkyl halides is 2. The number of halogens is 2. The summed E-state index contributed by atoms with van der Waals surface area (Å²) in [6.07, 6.45) is -2.65. The van der Waals surface area contributed by atoms with E-state index in [1.807, 2.05) is 12.1 Å². The quantitative estimate of drug-likeness (QED) is 0.710. The van der Waals surface area contributed by atoms with Crippen molar-refractivity contribution in [1.29, 1.82) is 0 Å². The Morgan fingerprint density at radius 3 is 1.35 bits per heavy atom. The summed E-state index contributed by atoms with van der Waals surface area (Å²) >= 11 is 0. The van der Waals surface area contributed by atoms with E-state index in [-0.39, 0.29) is 6.42 Å². The van der Waals surface area contributed by atoms with Gasteiger partial charge in [-0.15, -0.1) is 0 Å². The van der Waals surface area contributed by atoms with Crippen molar-refractivity contribution >= 4 is 0 Å². The molecule has 2 aromatic carbocycles. The summed E-state index contributed by atoms with van der Waals surface area (Å²) in [5.41, 5.74) is 1.07. The van der Waals surface area contributed by atoms with Crippen LogP contribution in [-0.2, 0) is 0 Å². The predicted molar refractivity (Wildman–Crippen MR) is 65.2 cm³/mol. The third kappa shape index (κ3) is 3.13. The van der Waals surface area contributed by atoms with Gasteiger partial charge < -0.3 is 0 Å². The zero-order chi connectivity index (χ0) is 12.1. The van der Waals surface area contributed by atoms with E-state index in [1.54, 1.807) is 48.5 Å². The largest absolute Gasteiger partial charge is 0.242 e. The average molecular weight is 232 g/mol. The molecule has 0 radical (unpaired) electrons. The first-order valence-corrected chi connectivity index (χ1v) is 5.65. The molecular formula is C15H14F2. The second-order valence-corrected chi connectivity index (χ2v) is 3.99. The molecule has 0 aliphatic rings. The summed E-state index contributed by atoms with van der Waals surface area (Å²) in [5.74, 6) is 0. The van der Waals surface area contributed by atoms with Crippen LogP contribution < -0.4 is 0 Å². The maximum absolute atomic E-state index is 13.8. The molecule has 0 amide bonds. The lowest BCUT2D eigenvalue weighted by Gasteiger charge is -2.12. The van der Waals surface area contributed by atoms with Crippen LogP contribution in [0.15, 0.2) is 60.7 Å². The van der Waals surface area contributed by atoms with Crippen LogP contribution in [0.25, 0.3) is 0 Å². The summed E-state index contributed by atoms with van der Waals surface area (Å²) in [4.78, 5) is 0. The van der Waals surface area contributed by atoms with Crippen LogP contribution in [-0.4, -0.2) is 0 Å². The first-order chi connectivity index (χ1) is 8.27. The van der Waals surface area contributed by atoms with Crippen molar-refractivity contribution in [2.24, 2.45) is 0 Å². The van der Waals surface area contributed by atoms with E-state index in [2.05, 4.69) is 0 Å². The standard InChI is InChI=1S/C15H14F2/c16-14(12-7-3-1-4-8-12)11-15(17)13-9-5-2-6-10-13/h1-10,14-15H,11H2. The molecule has 2 aromatic rings. The van der Waals surface area contributed by atoms with Gasteiger partial charge >= 0.3 is 0 Å². The fourth-order valence-corrected chi connectivity index (χ4v) is 1.78. The number of benzene rings is 2. The zero-order valence-corrected chi connectivity index (χ0v) is 9.39. The maximum atomic E-state index is 13.8. The third-order valence-corrected chi connectivity index (χ3v) is 2.74. The lowest BCUT2D eigenvalue weighted by molar-refractivity contribution is 0.223. The minimum absolute atomic E-state index is 0.131. The molecule has 0 saturated heterocycles. The lowest BCUT2D eigenvalue weighted by Crippen LogP contribution is -1.98. The molecule has 0 heterocycles. The zero-order valence-electron chi connectivity index (χ0n) is 9.39. The van der Waals surface area contributed by atoms with Gasteiger partial charge in [0.2, 0.25) is 0 Å². The Hall–Kier alpha value is -1.70. The molecule has 0 spiro atoms. The third-order valence-electron chi connectivity index (χ3n) is 2.74. The maximum Gasteiger partial charge on any atom is 0.128 e. The first kappa shape index (κ1) is 11.8. The van der Waals surface area contributed by atoms with E-state index in [4.69, 9.17) is 0 Å². The van der Waals surface area contributed by atoms with Crippen LogP contribution in [0.5, 0.6) is 0 Å². The summed E-state index contributed by atoms with van der Waals surface area (Å²) in [5, 5.41) is 0. The van der Waals surface area contributed by atoms with Crippen LogP contribution in [0.3, 0.4) is 0 Å². The highest BCUT2D eigenvalue weighted by atomic mass is 19.1. The van der Waals surface area contributed by atoms with Gasteiger partial charge in [-0.2, -0.15) is 0 Å². The highest BCUT2D eigenvalue weighted by molar-refractivity contribution is 5.20. The first-order valence-electron chi connectivity index (χ1n) is 5.65. The molecule has 0 aliphatic carbocycles. The van der Waals surface area contributed by atoms with Gasteiger partial charge in [-0.05, 0) is 11.1 Å². The summed E-state index contributed by atoms with van der Waals surface area (Å²) in [6, 6.07) is 17.4. The highest BCUT2D eigenvalue weighted by Gasteiger charge is 2.17. The molecule has 2 heteroatoms. The monoisotopic (exact) mass is 232 g/mol. The number of rotatable bonds is 4. The minimum Gasteiger partial charge on any atom is -0.242 e. The van der Waals surface area contributed by atoms with Crippen molar-refractivity contribution in [1.82, 2.24) is 0 Å². The van der Waals surface area contributed by atoms with E-state index in [9.17, 15) is 8.78 Å². The molecule has 0 aliphatic heterocycles. The fourth-order valence-electron chi connectivity index (χ4n) is 1.78. The van der Waals surface area contributed by atoms with Gasteiger partial charge in [0, 0.05) is 6.42 Å². The molecule has 0 aromatic heterocycles. The summed E-state index contributed by atoms with van der Waals surface area (Å²) < 4.78 is 27.7. The average Bonchev–Trinajstić information content (AvgIpc) is 2.40. The lowest BCUT2D eigenvalue weighted by atomic mass is 10.0. The van der Waals surface area contributed by atoms with E-state index >= 15 is 0 Å². The number of hydrogen-bond donors (Lipinski definition) is 0. The molecule has 2 rings (SSSR count). The van der Waals surface area contributed by atoms with Gasteiger partial charge in [0.15, 0.2) is 0 Å². The van der Waals surface area contributed by atoms with Crippen LogP contribution in [0, 0.1) is 0 Å². The molecule has 0 saturated carbocycles. The Morgan fingerprint density at radius 1 is 0.647 bits per heavy atom. The van der Waals surface area contributed by atoms with Crippen molar-refractivity contribution in [2.75, 3.05) is 0 Å². The SMILES string of the molecule is FC(CC(F)c1ccccc1)c1ccccc1. The van der Waals surface area contributed by atoms with Crippen LogP contribution >= 0.6 is 0 Å². The van der Waals surface area contributed by atoms with Gasteiger partial charge in [-0.25, -0.2) is 8.78 Å². The van der Waals surface area contributed by atoms with Crippen molar-refractivity contribution in [2.45, 2.75) is 18.8 Å². The fraction of sp³-hybridized carbons (Fsp3) is 0.200. The molecule has 0 fully saturated rings. The molecule has 0 nitrogen and oxygen atoms in total. The second-order valence-electron chi connectivity index (χ2n) is 3.99. The van der Waals surface area contributed by atoms with Crippen LogP contribution in [0.4, 0.5) is 8.78 Å². The van der Waals surface area contributed by atoms with Gasteiger partial charge in [0.1, 0.15) is 12.3 Å². The van der Waals surface area contributed by atoms with Gasteiger partial charge in [-0.3, -0.25) is 0 Å². The Labute approximate surface area is 99.9 Å². The Balaban J connectivity index is 2.02. The molecular weight excluding hydrogens is 218 g/mol. The summed E-state index contributed by atoms with van der Waals surface area (Å²) in [6.45, 7) is 0. The van der Waals surface area contributed by atoms with Crippen LogP contribution in [0.2, 0.25) is 0 Å². The van der Waals surface area contributed by atoms with Crippen molar-refractivity contribution < 1.29 is 8.78 Å².